The van der Waals surface area contributed by atoms with Gasteiger partial charge in [0.1, 0.15) is 12.4 Å². The lowest BCUT2D eigenvalue weighted by molar-refractivity contribution is -0.130. The molecule has 0 bridgehead atoms. The number of amides is 1. The summed E-state index contributed by atoms with van der Waals surface area (Å²) in [5.41, 5.74) is 0. The van der Waals surface area contributed by atoms with Crippen LogP contribution in [0.15, 0.2) is 47.1 Å². The Labute approximate surface area is 135 Å². The highest BCUT2D eigenvalue weighted by Crippen LogP contribution is 2.30. The van der Waals surface area contributed by atoms with Gasteiger partial charge in [-0.1, -0.05) is 12.1 Å². The number of rotatable bonds is 5. The van der Waals surface area contributed by atoms with Crippen molar-refractivity contribution >= 4 is 5.91 Å². The summed E-state index contributed by atoms with van der Waals surface area (Å²) in [5, 5.41) is 2.91. The molecule has 0 fully saturated rings. The molecule has 1 aromatic heterocycles. The van der Waals surface area contributed by atoms with Crippen LogP contribution >= 0.6 is 0 Å². The van der Waals surface area contributed by atoms with Crippen LogP contribution in [0.25, 0.3) is 0 Å². The summed E-state index contributed by atoms with van der Waals surface area (Å²) < 4.78 is 16.7. The fraction of sp³-hybridized carbons (Fsp3) is 0.353. The molecule has 0 saturated carbocycles. The van der Waals surface area contributed by atoms with Crippen LogP contribution in [-0.2, 0) is 4.79 Å². The van der Waals surface area contributed by atoms with Gasteiger partial charge in [-0.3, -0.25) is 9.69 Å². The third-order valence-electron chi connectivity index (χ3n) is 3.77. The first-order valence-electron chi connectivity index (χ1n) is 7.51. The minimum absolute atomic E-state index is 0.0363. The van der Waals surface area contributed by atoms with Gasteiger partial charge in [-0.05, 0) is 38.4 Å². The zero-order valence-corrected chi connectivity index (χ0v) is 13.2. The summed E-state index contributed by atoms with van der Waals surface area (Å²) in [5.74, 6) is 1.87. The van der Waals surface area contributed by atoms with E-state index in [1.54, 1.807) is 12.3 Å². The Balaban J connectivity index is 1.59. The normalized spacial score (nSPS) is 17.8. The minimum atomic E-state index is -0.649. The van der Waals surface area contributed by atoms with Crippen molar-refractivity contribution in [3.8, 4) is 11.5 Å². The highest BCUT2D eigenvalue weighted by atomic mass is 16.6. The number of nitrogens with zero attached hydrogens (tertiary/aromatic N) is 1. The Bertz CT molecular complexity index is 654. The van der Waals surface area contributed by atoms with E-state index in [0.717, 1.165) is 5.76 Å². The maximum atomic E-state index is 12.3. The molecule has 0 radical (unpaired) electrons. The van der Waals surface area contributed by atoms with Crippen molar-refractivity contribution in [3.05, 3.63) is 48.4 Å². The Hall–Kier alpha value is -2.47. The number of para-hydroxylation sites is 2. The van der Waals surface area contributed by atoms with Crippen molar-refractivity contribution in [1.29, 1.82) is 0 Å². The molecule has 1 aromatic carbocycles. The van der Waals surface area contributed by atoms with Gasteiger partial charge in [0, 0.05) is 6.54 Å². The van der Waals surface area contributed by atoms with Gasteiger partial charge in [0.2, 0.25) is 6.10 Å². The van der Waals surface area contributed by atoms with Crippen LogP contribution in [0.3, 0.4) is 0 Å². The minimum Gasteiger partial charge on any atom is -0.485 e. The maximum Gasteiger partial charge on any atom is 0.264 e. The number of nitrogens with one attached hydrogen (secondary N) is 1. The van der Waals surface area contributed by atoms with Crippen LogP contribution in [0.5, 0.6) is 11.5 Å². The summed E-state index contributed by atoms with van der Waals surface area (Å²) in [7, 11) is 3.88. The van der Waals surface area contributed by atoms with Gasteiger partial charge >= 0.3 is 0 Å². The van der Waals surface area contributed by atoms with E-state index in [1.807, 2.05) is 49.3 Å². The van der Waals surface area contributed by atoms with E-state index < -0.39 is 6.10 Å². The zero-order valence-electron chi connectivity index (χ0n) is 13.2. The smallest absolute Gasteiger partial charge is 0.264 e. The van der Waals surface area contributed by atoms with Crippen molar-refractivity contribution in [3.63, 3.8) is 0 Å². The SMILES string of the molecule is CN(C)C(CNC(=O)C1COc2ccccc2O1)c1ccco1. The second-order valence-electron chi connectivity index (χ2n) is 5.60. The molecule has 6 nitrogen and oxygen atoms in total. The predicted molar refractivity (Wildman–Crippen MR) is 84.5 cm³/mol. The molecule has 0 spiro atoms. The standard InChI is InChI=1S/C17H20N2O4/c1-19(2)12(13-8-5-9-21-13)10-18-17(20)16-11-22-14-6-3-4-7-15(14)23-16/h3-9,12,16H,10-11H2,1-2H3,(H,18,20). The molecule has 6 heteroatoms. The van der Waals surface area contributed by atoms with Gasteiger partial charge < -0.3 is 19.2 Å². The van der Waals surface area contributed by atoms with Crippen molar-refractivity contribution in [2.75, 3.05) is 27.2 Å². The van der Waals surface area contributed by atoms with Gasteiger partial charge in [-0.15, -0.1) is 0 Å². The van der Waals surface area contributed by atoms with E-state index in [0.29, 0.717) is 18.0 Å². The molecular weight excluding hydrogens is 296 g/mol. The van der Waals surface area contributed by atoms with Crippen LogP contribution in [0.4, 0.5) is 0 Å². The molecule has 1 amide bonds. The Morgan fingerprint density at radius 3 is 2.74 bits per heavy atom. The Morgan fingerprint density at radius 1 is 1.26 bits per heavy atom. The van der Waals surface area contributed by atoms with Crippen molar-refractivity contribution in [2.45, 2.75) is 12.1 Å². The first-order chi connectivity index (χ1) is 11.1. The average molecular weight is 316 g/mol. The van der Waals surface area contributed by atoms with Gasteiger partial charge in [-0.2, -0.15) is 0 Å². The number of fused-ring (bicyclic) bond motifs is 1. The largest absolute Gasteiger partial charge is 0.485 e. The first kappa shape index (κ1) is 15.4. The second-order valence-corrected chi connectivity index (χ2v) is 5.60. The lowest BCUT2D eigenvalue weighted by atomic mass is 10.2. The second kappa shape index (κ2) is 6.75. The third kappa shape index (κ3) is 3.48. The molecular formula is C17H20N2O4. The van der Waals surface area contributed by atoms with E-state index in [4.69, 9.17) is 13.9 Å². The fourth-order valence-electron chi connectivity index (χ4n) is 2.48. The Kier molecular flexibility index (Phi) is 4.52. The summed E-state index contributed by atoms with van der Waals surface area (Å²) in [6.07, 6.45) is 0.979. The van der Waals surface area contributed by atoms with Gasteiger partial charge in [0.15, 0.2) is 11.5 Å². The number of hydrogen-bond acceptors (Lipinski definition) is 5. The van der Waals surface area contributed by atoms with Crippen LogP contribution < -0.4 is 14.8 Å². The fourth-order valence-corrected chi connectivity index (χ4v) is 2.48. The molecule has 1 N–H and O–H groups in total. The van der Waals surface area contributed by atoms with E-state index >= 15 is 0 Å². The number of furan rings is 1. The number of ether oxygens (including phenoxy) is 2. The molecule has 2 heterocycles. The lowest BCUT2D eigenvalue weighted by Gasteiger charge is -2.27. The summed E-state index contributed by atoms with van der Waals surface area (Å²) in [4.78, 5) is 14.3. The summed E-state index contributed by atoms with van der Waals surface area (Å²) in [6, 6.07) is 11.0. The van der Waals surface area contributed by atoms with Crippen molar-refractivity contribution in [2.24, 2.45) is 0 Å². The predicted octanol–water partition coefficient (Wildman–Crippen LogP) is 1.84. The summed E-state index contributed by atoms with van der Waals surface area (Å²) in [6.45, 7) is 0.636. The van der Waals surface area contributed by atoms with E-state index in [9.17, 15) is 4.79 Å². The summed E-state index contributed by atoms with van der Waals surface area (Å²) >= 11 is 0. The highest BCUT2D eigenvalue weighted by Gasteiger charge is 2.28. The molecule has 122 valence electrons. The molecule has 2 aromatic rings. The first-order valence-corrected chi connectivity index (χ1v) is 7.51. The van der Waals surface area contributed by atoms with Crippen LogP contribution in [0.1, 0.15) is 11.8 Å². The molecule has 0 saturated heterocycles. The molecule has 0 aliphatic carbocycles. The number of carbonyl (C=O) groups is 1. The van der Waals surface area contributed by atoms with Gasteiger partial charge in [-0.25, -0.2) is 0 Å². The number of benzene rings is 1. The van der Waals surface area contributed by atoms with Crippen LogP contribution in [-0.4, -0.2) is 44.2 Å². The van der Waals surface area contributed by atoms with E-state index in [1.165, 1.54) is 0 Å². The van der Waals surface area contributed by atoms with Gasteiger partial charge in [0.05, 0.1) is 12.3 Å². The van der Waals surface area contributed by atoms with Crippen LogP contribution in [0, 0.1) is 0 Å². The van der Waals surface area contributed by atoms with Crippen LogP contribution in [0.2, 0.25) is 0 Å². The van der Waals surface area contributed by atoms with Gasteiger partial charge in [0.25, 0.3) is 5.91 Å². The molecule has 1 aliphatic heterocycles. The highest BCUT2D eigenvalue weighted by molar-refractivity contribution is 5.81. The number of carbonyl (C=O) groups excluding carboxylic acids is 1. The van der Waals surface area contributed by atoms with Crippen molar-refractivity contribution < 1.29 is 18.7 Å². The number of likely N-dealkylation sites (N-methyl/N-ethyl adjacent to an activating group) is 1. The number of hydrogen-bond donors (Lipinski definition) is 1. The van der Waals surface area contributed by atoms with Crippen molar-refractivity contribution in [1.82, 2.24) is 10.2 Å². The maximum absolute atomic E-state index is 12.3. The average Bonchev–Trinajstić information content (AvgIpc) is 3.08. The lowest BCUT2D eigenvalue weighted by Crippen LogP contribution is -2.46. The quantitative estimate of drug-likeness (QED) is 0.912. The molecule has 2 unspecified atom stereocenters. The zero-order chi connectivity index (χ0) is 16.2. The third-order valence-corrected chi connectivity index (χ3v) is 3.77. The molecule has 1 aliphatic rings. The molecule has 3 rings (SSSR count). The molecule has 2 atom stereocenters. The monoisotopic (exact) mass is 316 g/mol. The molecule has 23 heavy (non-hydrogen) atoms. The van der Waals surface area contributed by atoms with E-state index in [2.05, 4.69) is 5.32 Å². The topological polar surface area (TPSA) is 63.9 Å². The Morgan fingerprint density at radius 2 is 2.04 bits per heavy atom. The van der Waals surface area contributed by atoms with E-state index in [-0.39, 0.29) is 18.6 Å².